The molecule has 2 rings (SSSR count). The van der Waals surface area contributed by atoms with Crippen molar-refractivity contribution in [3.8, 4) is 0 Å². The van der Waals surface area contributed by atoms with Gasteiger partial charge in [-0.05, 0) is 44.4 Å². The molecule has 5 N–H and O–H groups in total. The van der Waals surface area contributed by atoms with E-state index in [1.54, 1.807) is 0 Å². The van der Waals surface area contributed by atoms with Gasteiger partial charge in [0.05, 0.1) is 6.54 Å². The van der Waals surface area contributed by atoms with Crippen LogP contribution >= 0.6 is 0 Å². The molecule has 2 fully saturated rings. The number of aliphatic hydroxyl groups excluding tert-OH is 1. The largest absolute Gasteiger partial charge is 0.381 e. The van der Waals surface area contributed by atoms with Gasteiger partial charge in [0.2, 0.25) is 17.7 Å². The minimum atomic E-state index is -1.35. The lowest BCUT2D eigenvalue weighted by atomic mass is 9.85. The highest BCUT2D eigenvalue weighted by Crippen LogP contribution is 2.28. The molecule has 0 aliphatic heterocycles. The smallest absolute Gasteiger partial charge is 0.248 e. The third kappa shape index (κ3) is 5.78. The zero-order valence-corrected chi connectivity index (χ0v) is 14.1. The quantitative estimate of drug-likeness (QED) is 0.529. The fraction of sp³-hybridized carbons (Fsp3) is 0.824. The second kappa shape index (κ2) is 9.01. The van der Waals surface area contributed by atoms with E-state index >= 15 is 0 Å². The van der Waals surface area contributed by atoms with Gasteiger partial charge < -0.3 is 21.5 Å². The van der Waals surface area contributed by atoms with Gasteiger partial charge in [0.25, 0.3) is 0 Å². The van der Waals surface area contributed by atoms with Crippen LogP contribution in [0.15, 0.2) is 0 Å². The Morgan fingerprint density at radius 2 is 1.67 bits per heavy atom. The summed E-state index contributed by atoms with van der Waals surface area (Å²) in [7, 11) is 0. The van der Waals surface area contributed by atoms with E-state index in [1.165, 1.54) is 12.8 Å². The van der Waals surface area contributed by atoms with E-state index in [0.29, 0.717) is 25.2 Å². The number of amides is 3. The summed E-state index contributed by atoms with van der Waals surface area (Å²) in [4.78, 5) is 34.8. The van der Waals surface area contributed by atoms with Crippen molar-refractivity contribution in [2.75, 3.05) is 6.54 Å². The zero-order valence-electron chi connectivity index (χ0n) is 14.1. The van der Waals surface area contributed by atoms with Crippen LogP contribution < -0.4 is 16.4 Å². The number of hydrogen-bond acceptors (Lipinski definition) is 4. The Hall–Kier alpha value is -1.63. The van der Waals surface area contributed by atoms with Crippen molar-refractivity contribution in [1.29, 1.82) is 0 Å². The molecular weight excluding hydrogens is 310 g/mol. The zero-order chi connectivity index (χ0) is 17.5. The van der Waals surface area contributed by atoms with Crippen LogP contribution in [-0.4, -0.2) is 41.5 Å². The molecule has 0 heterocycles. The lowest BCUT2D eigenvalue weighted by Crippen LogP contribution is -2.44. The number of rotatable bonds is 7. The second-order valence-corrected chi connectivity index (χ2v) is 7.13. The van der Waals surface area contributed by atoms with Gasteiger partial charge in [-0.15, -0.1) is 0 Å². The van der Waals surface area contributed by atoms with Crippen LogP contribution in [0.5, 0.6) is 0 Å². The minimum Gasteiger partial charge on any atom is -0.381 e. The molecule has 7 heteroatoms. The van der Waals surface area contributed by atoms with Gasteiger partial charge in [-0.3, -0.25) is 14.4 Å². The molecule has 136 valence electrons. The summed E-state index contributed by atoms with van der Waals surface area (Å²) in [6.45, 7) is -0.147. The summed E-state index contributed by atoms with van der Waals surface area (Å²) in [5.41, 5.74) is 4.94. The lowest BCUT2D eigenvalue weighted by Gasteiger charge is -2.29. The van der Waals surface area contributed by atoms with E-state index in [4.69, 9.17) is 5.73 Å². The molecule has 0 bridgehead atoms. The molecule has 2 aliphatic carbocycles. The molecule has 2 aliphatic rings. The number of carbonyl (C=O) groups excluding carboxylic acids is 3. The Bertz CT molecular complexity index is 455. The van der Waals surface area contributed by atoms with E-state index in [0.717, 1.165) is 25.7 Å². The summed E-state index contributed by atoms with van der Waals surface area (Å²) >= 11 is 0. The van der Waals surface area contributed by atoms with Crippen LogP contribution in [0.4, 0.5) is 0 Å². The van der Waals surface area contributed by atoms with Crippen molar-refractivity contribution >= 4 is 17.7 Å². The highest BCUT2D eigenvalue weighted by atomic mass is 16.3. The number of primary amides is 1. The molecule has 0 spiro atoms. The van der Waals surface area contributed by atoms with Crippen molar-refractivity contribution in [1.82, 2.24) is 10.6 Å². The van der Waals surface area contributed by atoms with E-state index in [1.807, 2.05) is 0 Å². The lowest BCUT2D eigenvalue weighted by molar-refractivity contribution is -0.128. The number of aliphatic hydroxyl groups is 1. The molecule has 1 atom stereocenters. The predicted octanol–water partition coefficient (Wildman–Crippen LogP) is 0.204. The average molecular weight is 339 g/mol. The summed E-state index contributed by atoms with van der Waals surface area (Å²) in [5.74, 6) is -0.453. The molecule has 0 radical (unpaired) electrons. The Morgan fingerprint density at radius 1 is 1.04 bits per heavy atom. The molecule has 0 aromatic rings. The Morgan fingerprint density at radius 3 is 2.25 bits per heavy atom. The maximum Gasteiger partial charge on any atom is 0.248 e. The minimum absolute atomic E-state index is 0.131. The first kappa shape index (κ1) is 18.7. The van der Waals surface area contributed by atoms with Crippen LogP contribution in [0, 0.1) is 11.8 Å². The normalized spacial score (nSPS) is 25.9. The van der Waals surface area contributed by atoms with Gasteiger partial charge in [-0.25, -0.2) is 0 Å². The van der Waals surface area contributed by atoms with Crippen LogP contribution in [0.1, 0.15) is 57.8 Å². The first-order valence-corrected chi connectivity index (χ1v) is 9.00. The summed E-state index contributed by atoms with van der Waals surface area (Å²) in [6.07, 6.45) is 7.06. The standard InChI is InChI=1S/C17H29N3O4/c18-16(23)14(21)10-19-17(24)12-5-7-13(8-6-12)20-15(22)9-11-3-1-2-4-11/h11-14,21H,1-10H2,(H2,18,23)(H,19,24)(H,20,22). The molecule has 1 unspecified atom stereocenters. The molecule has 7 nitrogen and oxygen atoms in total. The van der Waals surface area contributed by atoms with Gasteiger partial charge in [0, 0.05) is 18.4 Å². The number of nitrogens with two attached hydrogens (primary N) is 1. The van der Waals surface area contributed by atoms with Crippen LogP contribution in [0.2, 0.25) is 0 Å². The SMILES string of the molecule is NC(=O)C(O)CNC(=O)C1CCC(NC(=O)CC2CCCC2)CC1. The Balaban J connectivity index is 1.64. The number of nitrogens with one attached hydrogen (secondary N) is 2. The molecule has 0 saturated heterocycles. The first-order chi connectivity index (χ1) is 11.5. The summed E-state index contributed by atoms with van der Waals surface area (Å²) in [5, 5.41) is 15.0. The molecule has 3 amide bonds. The van der Waals surface area contributed by atoms with Crippen molar-refractivity contribution in [2.24, 2.45) is 17.6 Å². The summed E-state index contributed by atoms with van der Waals surface area (Å²) < 4.78 is 0. The van der Waals surface area contributed by atoms with E-state index < -0.39 is 12.0 Å². The van der Waals surface area contributed by atoms with Crippen LogP contribution in [-0.2, 0) is 14.4 Å². The average Bonchev–Trinajstić information content (AvgIpc) is 3.05. The van der Waals surface area contributed by atoms with E-state index in [9.17, 15) is 19.5 Å². The highest BCUT2D eigenvalue weighted by Gasteiger charge is 2.28. The highest BCUT2D eigenvalue weighted by molar-refractivity contribution is 5.82. The van der Waals surface area contributed by atoms with Crippen molar-refractivity contribution in [2.45, 2.75) is 69.9 Å². The third-order valence-corrected chi connectivity index (χ3v) is 5.21. The molecule has 24 heavy (non-hydrogen) atoms. The van der Waals surface area contributed by atoms with Crippen molar-refractivity contribution in [3.63, 3.8) is 0 Å². The maximum absolute atomic E-state index is 12.1. The molecule has 2 saturated carbocycles. The van der Waals surface area contributed by atoms with Crippen LogP contribution in [0.3, 0.4) is 0 Å². The van der Waals surface area contributed by atoms with Gasteiger partial charge in [-0.2, -0.15) is 0 Å². The van der Waals surface area contributed by atoms with Crippen molar-refractivity contribution in [3.05, 3.63) is 0 Å². The van der Waals surface area contributed by atoms with Crippen LogP contribution in [0.25, 0.3) is 0 Å². The van der Waals surface area contributed by atoms with Crippen molar-refractivity contribution < 1.29 is 19.5 Å². The van der Waals surface area contributed by atoms with E-state index in [-0.39, 0.29) is 30.3 Å². The fourth-order valence-electron chi connectivity index (χ4n) is 3.71. The Labute approximate surface area is 142 Å². The fourth-order valence-corrected chi connectivity index (χ4v) is 3.71. The molecule has 0 aromatic carbocycles. The second-order valence-electron chi connectivity index (χ2n) is 7.13. The Kier molecular flexibility index (Phi) is 7.02. The van der Waals surface area contributed by atoms with E-state index in [2.05, 4.69) is 10.6 Å². The maximum atomic E-state index is 12.1. The number of hydrogen-bond donors (Lipinski definition) is 4. The summed E-state index contributed by atoms with van der Waals surface area (Å²) in [6, 6.07) is 0.152. The first-order valence-electron chi connectivity index (χ1n) is 9.00. The molecular formula is C17H29N3O4. The molecule has 0 aromatic heterocycles. The van der Waals surface area contributed by atoms with Gasteiger partial charge in [-0.1, -0.05) is 12.8 Å². The van der Waals surface area contributed by atoms with Gasteiger partial charge >= 0.3 is 0 Å². The predicted molar refractivity (Wildman–Crippen MR) is 88.7 cm³/mol. The topological polar surface area (TPSA) is 122 Å². The number of carbonyl (C=O) groups is 3. The van der Waals surface area contributed by atoms with Gasteiger partial charge in [0.15, 0.2) is 0 Å². The third-order valence-electron chi connectivity index (χ3n) is 5.21. The van der Waals surface area contributed by atoms with Gasteiger partial charge in [0.1, 0.15) is 6.10 Å². The monoisotopic (exact) mass is 339 g/mol.